The number of nitriles is 1. The van der Waals surface area contributed by atoms with Crippen LogP contribution in [0, 0.1) is 22.2 Å². The van der Waals surface area contributed by atoms with E-state index in [9.17, 15) is 29.6 Å². The largest absolute Gasteiger partial charge is 0.480 e. The Morgan fingerprint density at radius 3 is 2.20 bits per heavy atom. The minimum Gasteiger partial charge on any atom is -0.437 e. The zero-order valence-electron chi connectivity index (χ0n) is 27.3. The van der Waals surface area contributed by atoms with Crippen molar-refractivity contribution < 1.29 is 52.1 Å². The number of anilines is 1. The Hall–Kier alpha value is -3.20. The lowest BCUT2D eigenvalue weighted by molar-refractivity contribution is -0.163. The fraction of sp³-hybridized carbons (Fsp3) is 0.679. The van der Waals surface area contributed by atoms with Gasteiger partial charge in [0.2, 0.25) is 19.2 Å². The Bertz CT molecular complexity index is 1430. The van der Waals surface area contributed by atoms with Crippen molar-refractivity contribution in [2.45, 2.75) is 65.5 Å². The molecule has 3 heterocycles. The first kappa shape index (κ1) is 37.3. The third-order valence-corrected chi connectivity index (χ3v) is 8.04. The molecule has 2 aromatic rings. The standard InChI is InChI=1S/C28H43N6O11P/c1-26(2,3)24(37)40-16-43-46(39,44-17-41-25(38)27(4,5)6)42-13-19-21(35)22(36)28(14-29,45-19)20-10-9-18-23(30-11-12-33(7)8)31-15-32-34(18)20/h9-10,15,19,21-22,35-36H,11-13,16-17H2,1-8H3,(H,30,31,32)/t19-,21-,22-,28+/m1/s1. The maximum atomic E-state index is 13.5. The van der Waals surface area contributed by atoms with E-state index in [0.29, 0.717) is 17.9 Å². The average Bonchev–Trinajstić information content (AvgIpc) is 3.51. The van der Waals surface area contributed by atoms with E-state index in [2.05, 4.69) is 15.4 Å². The van der Waals surface area contributed by atoms with Crippen molar-refractivity contribution in [3.8, 4) is 6.07 Å². The second-order valence-corrected chi connectivity index (χ2v) is 14.6. The number of hydrogen-bond donors (Lipinski definition) is 3. The second-order valence-electron chi connectivity index (χ2n) is 12.9. The summed E-state index contributed by atoms with van der Waals surface area (Å²) in [6, 6.07) is 5.07. The number of aromatic nitrogens is 3. The lowest BCUT2D eigenvalue weighted by atomic mass is 9.92. The molecule has 0 bridgehead atoms. The Labute approximate surface area is 267 Å². The van der Waals surface area contributed by atoms with Gasteiger partial charge >= 0.3 is 19.8 Å². The first-order valence-corrected chi connectivity index (χ1v) is 15.9. The first-order valence-electron chi connectivity index (χ1n) is 14.4. The van der Waals surface area contributed by atoms with Gasteiger partial charge in [-0.05, 0) is 67.8 Å². The van der Waals surface area contributed by atoms with Gasteiger partial charge in [-0.3, -0.25) is 14.1 Å². The van der Waals surface area contributed by atoms with E-state index in [1.165, 1.54) is 16.9 Å². The predicted molar refractivity (Wildman–Crippen MR) is 161 cm³/mol. The van der Waals surface area contributed by atoms with Gasteiger partial charge < -0.3 is 34.6 Å². The molecule has 0 aliphatic carbocycles. The van der Waals surface area contributed by atoms with Gasteiger partial charge in [0.1, 0.15) is 36.2 Å². The number of phosphoric ester groups is 1. The van der Waals surface area contributed by atoms with Crippen LogP contribution in [-0.4, -0.2) is 107 Å². The molecule has 3 rings (SSSR count). The minimum absolute atomic E-state index is 0.0935. The summed E-state index contributed by atoms with van der Waals surface area (Å²) in [4.78, 5) is 30.5. The summed E-state index contributed by atoms with van der Waals surface area (Å²) in [7, 11) is -0.807. The van der Waals surface area contributed by atoms with Gasteiger partial charge in [0.25, 0.3) is 0 Å². The highest BCUT2D eigenvalue weighted by Gasteiger charge is 2.58. The number of aliphatic hydroxyl groups excluding tert-OH is 2. The molecule has 0 aromatic carbocycles. The number of ether oxygens (including phenoxy) is 3. The van der Waals surface area contributed by atoms with Crippen LogP contribution in [0.15, 0.2) is 18.5 Å². The van der Waals surface area contributed by atoms with Gasteiger partial charge in [-0.2, -0.15) is 10.4 Å². The summed E-state index contributed by atoms with van der Waals surface area (Å²) in [5, 5.41) is 39.7. The van der Waals surface area contributed by atoms with Crippen LogP contribution < -0.4 is 5.32 Å². The third kappa shape index (κ3) is 8.78. The number of esters is 2. The lowest BCUT2D eigenvalue weighted by Crippen LogP contribution is -2.41. The van der Waals surface area contributed by atoms with Crippen LogP contribution in [0.1, 0.15) is 47.2 Å². The van der Waals surface area contributed by atoms with Gasteiger partial charge in [0.15, 0.2) is 5.82 Å². The number of carbonyl (C=O) groups is 2. The third-order valence-electron chi connectivity index (χ3n) is 6.73. The Morgan fingerprint density at radius 2 is 1.67 bits per heavy atom. The lowest BCUT2D eigenvalue weighted by Gasteiger charge is -2.24. The molecule has 17 nitrogen and oxygen atoms in total. The van der Waals surface area contributed by atoms with Gasteiger partial charge in [0, 0.05) is 13.1 Å². The van der Waals surface area contributed by atoms with E-state index in [0.717, 1.165) is 6.54 Å². The van der Waals surface area contributed by atoms with E-state index in [1.807, 2.05) is 25.1 Å². The zero-order chi connectivity index (χ0) is 34.5. The summed E-state index contributed by atoms with van der Waals surface area (Å²) in [6.45, 7) is 8.46. The molecule has 2 aromatic heterocycles. The van der Waals surface area contributed by atoms with Crippen LogP contribution in [0.2, 0.25) is 0 Å². The summed E-state index contributed by atoms with van der Waals surface area (Å²) in [5.74, 6) is -0.874. The molecule has 0 saturated carbocycles. The Morgan fingerprint density at radius 1 is 1.09 bits per heavy atom. The maximum absolute atomic E-state index is 13.5. The van der Waals surface area contributed by atoms with Crippen molar-refractivity contribution in [1.82, 2.24) is 19.5 Å². The van der Waals surface area contributed by atoms with Crippen LogP contribution in [0.5, 0.6) is 0 Å². The monoisotopic (exact) mass is 670 g/mol. The molecule has 18 heteroatoms. The zero-order valence-corrected chi connectivity index (χ0v) is 28.1. The van der Waals surface area contributed by atoms with Crippen molar-refractivity contribution in [3.63, 3.8) is 0 Å². The van der Waals surface area contributed by atoms with E-state index in [1.54, 1.807) is 47.6 Å². The van der Waals surface area contributed by atoms with Crippen LogP contribution in [0.4, 0.5) is 5.82 Å². The van der Waals surface area contributed by atoms with Crippen molar-refractivity contribution >= 4 is 31.1 Å². The fourth-order valence-electron chi connectivity index (χ4n) is 4.06. The van der Waals surface area contributed by atoms with E-state index in [4.69, 9.17) is 27.8 Å². The summed E-state index contributed by atoms with van der Waals surface area (Å²) in [6.07, 6.45) is -3.68. The number of nitrogens with one attached hydrogen (secondary N) is 1. The minimum atomic E-state index is -4.66. The molecule has 1 aliphatic rings. The number of likely N-dealkylation sites (N-methyl/N-ethyl adjacent to an activating group) is 1. The fourth-order valence-corrected chi connectivity index (χ4v) is 4.98. The highest BCUT2D eigenvalue weighted by Crippen LogP contribution is 2.51. The number of rotatable bonds is 14. The van der Waals surface area contributed by atoms with Crippen LogP contribution >= 0.6 is 7.82 Å². The summed E-state index contributed by atoms with van der Waals surface area (Å²) < 4.78 is 46.4. The highest BCUT2D eigenvalue weighted by atomic mass is 31.2. The molecule has 256 valence electrons. The van der Waals surface area contributed by atoms with Gasteiger partial charge in [0.05, 0.1) is 23.1 Å². The van der Waals surface area contributed by atoms with E-state index in [-0.39, 0.29) is 5.69 Å². The quantitative estimate of drug-likeness (QED) is 0.148. The molecular weight excluding hydrogens is 627 g/mol. The van der Waals surface area contributed by atoms with Crippen LogP contribution in [0.25, 0.3) is 5.52 Å². The molecule has 1 saturated heterocycles. The van der Waals surface area contributed by atoms with E-state index < -0.39 is 74.7 Å². The molecule has 4 atom stereocenters. The molecular formula is C28H43N6O11P. The van der Waals surface area contributed by atoms with Crippen molar-refractivity contribution in [2.75, 3.05) is 52.7 Å². The average molecular weight is 671 g/mol. The van der Waals surface area contributed by atoms with Gasteiger partial charge in [-0.15, -0.1) is 0 Å². The topological polar surface area (TPSA) is 216 Å². The van der Waals surface area contributed by atoms with Crippen molar-refractivity contribution in [1.29, 1.82) is 5.26 Å². The predicted octanol–water partition coefficient (Wildman–Crippen LogP) is 1.79. The van der Waals surface area contributed by atoms with Crippen molar-refractivity contribution in [3.05, 3.63) is 24.2 Å². The van der Waals surface area contributed by atoms with Gasteiger partial charge in [-0.1, -0.05) is 0 Å². The van der Waals surface area contributed by atoms with Gasteiger partial charge in [-0.25, -0.2) is 23.1 Å². The normalized spacial score (nSPS) is 22.2. The van der Waals surface area contributed by atoms with Crippen molar-refractivity contribution in [2.24, 2.45) is 10.8 Å². The molecule has 0 unspecified atom stereocenters. The smallest absolute Gasteiger partial charge is 0.437 e. The van der Waals surface area contributed by atoms with Crippen LogP contribution in [-0.2, 0) is 47.5 Å². The summed E-state index contributed by atoms with van der Waals surface area (Å²) >= 11 is 0. The molecule has 0 amide bonds. The number of nitrogens with zero attached hydrogens (tertiary/aromatic N) is 5. The van der Waals surface area contributed by atoms with Crippen LogP contribution in [0.3, 0.4) is 0 Å². The second kappa shape index (κ2) is 14.7. The molecule has 0 radical (unpaired) electrons. The Kier molecular flexibility index (Phi) is 11.9. The number of carbonyl (C=O) groups excluding carboxylic acids is 2. The SMILES string of the molecule is CN(C)CCNc1ncnn2c([C@]3(C#N)O[C@H](COP(=O)(OCOC(=O)C(C)(C)C)OCOC(=O)C(C)(C)C)[C@@H](O)[C@H]3O)ccc12. The first-order chi connectivity index (χ1) is 21.3. The molecule has 1 aliphatic heterocycles. The maximum Gasteiger partial charge on any atom is 0.480 e. The number of aliphatic hydroxyl groups is 2. The summed E-state index contributed by atoms with van der Waals surface area (Å²) in [5.41, 5.74) is -3.35. The molecule has 3 N–H and O–H groups in total. The number of phosphoric acid groups is 1. The molecule has 1 fully saturated rings. The number of hydrogen-bond acceptors (Lipinski definition) is 16. The molecule has 46 heavy (non-hydrogen) atoms. The Balaban J connectivity index is 1.79. The number of fused-ring (bicyclic) bond motifs is 1. The molecule has 0 spiro atoms. The highest BCUT2D eigenvalue weighted by molar-refractivity contribution is 7.48. The van der Waals surface area contributed by atoms with E-state index >= 15 is 0 Å².